The highest BCUT2D eigenvalue weighted by Gasteiger charge is 2.75. The summed E-state index contributed by atoms with van der Waals surface area (Å²) in [6.45, 7) is 3.64. The molecule has 0 spiro atoms. The van der Waals surface area contributed by atoms with E-state index < -0.39 is 86.9 Å². The van der Waals surface area contributed by atoms with Crippen LogP contribution in [0.4, 0.5) is 74.6 Å². The molecule has 19 heteroatoms. The highest BCUT2D eigenvalue weighted by molar-refractivity contribution is 5.96. The van der Waals surface area contributed by atoms with Gasteiger partial charge >= 0.3 is 56.5 Å². The van der Waals surface area contributed by atoms with Gasteiger partial charge in [-0.15, -0.1) is 0 Å². The molecule has 0 aromatic carbocycles. The number of nitrogens with one attached hydrogen (secondary N) is 1. The van der Waals surface area contributed by atoms with Crippen LogP contribution in [-0.2, 0) is 0 Å². The van der Waals surface area contributed by atoms with Crippen molar-refractivity contribution in [3.63, 3.8) is 0 Å². The Morgan fingerprint density at radius 1 is 0.526 bits per heavy atom. The van der Waals surface area contributed by atoms with Gasteiger partial charge in [-0.25, -0.2) is 17.6 Å². The topological polar surface area (TPSA) is 12.0 Å². The van der Waals surface area contributed by atoms with Gasteiger partial charge in [-0.1, -0.05) is 20.3 Å². The molecule has 1 nitrogen and oxygen atoms in total. The van der Waals surface area contributed by atoms with Gasteiger partial charge in [0.1, 0.15) is 0 Å². The average Bonchev–Trinajstić information content (AvgIpc) is 2.78. The van der Waals surface area contributed by atoms with Crippen LogP contribution in [-0.4, -0.2) is 69.6 Å². The van der Waals surface area contributed by atoms with Gasteiger partial charge in [0.2, 0.25) is 0 Å². The summed E-state index contributed by atoms with van der Waals surface area (Å²) in [7, 11) is 3.00. The highest BCUT2D eigenvalue weighted by atomic mass is 19.4. The van der Waals surface area contributed by atoms with Crippen LogP contribution in [0.25, 0.3) is 0 Å². The van der Waals surface area contributed by atoms with E-state index in [1.54, 1.807) is 0 Å². The summed E-state index contributed by atoms with van der Waals surface area (Å²) < 4.78 is 213. The molecule has 0 aromatic rings. The van der Waals surface area contributed by atoms with E-state index >= 15 is 0 Å². The Labute approximate surface area is 209 Å². The minimum atomic E-state index is -6.34. The number of hydrogen-bond acceptors (Lipinski definition) is 1. The van der Waals surface area contributed by atoms with Crippen molar-refractivity contribution in [2.45, 2.75) is 107 Å². The van der Waals surface area contributed by atoms with Crippen molar-refractivity contribution in [1.82, 2.24) is 5.32 Å². The quantitative estimate of drug-likeness (QED) is 0.106. The Morgan fingerprint density at radius 2 is 0.763 bits per heavy atom. The smallest absolute Gasteiger partial charge is 0.350 e. The van der Waals surface area contributed by atoms with Crippen LogP contribution < -0.4 is 5.32 Å². The number of hydrogen-bond donors (Lipinski definition) is 1. The lowest BCUT2D eigenvalue weighted by Crippen LogP contribution is -2.57. The van der Waals surface area contributed by atoms with Gasteiger partial charge in [-0.2, -0.15) is 52.7 Å². The minimum absolute atomic E-state index is 0.303. The molecule has 0 unspecified atom stereocenters. The number of alkyl halides is 16. The molecular formula is C19H27BF17N. The molecule has 0 fully saturated rings. The monoisotopic (exact) mass is 603 g/mol. The fourth-order valence-corrected chi connectivity index (χ4v) is 2.39. The molecule has 1 N–H and O–H groups in total. The van der Waals surface area contributed by atoms with Crippen molar-refractivity contribution in [1.29, 1.82) is 0 Å². The van der Waals surface area contributed by atoms with Crippen LogP contribution in [0, 0.1) is 0 Å². The van der Waals surface area contributed by atoms with Gasteiger partial charge in [-0.3, -0.25) is 0 Å². The van der Waals surface area contributed by atoms with Crippen molar-refractivity contribution in [2.75, 3.05) is 13.1 Å². The SMILES string of the molecule is CCC.FC(F)C(F)(F)C(F)(F)C(F)(F)CCCCNCCCCC(F)(F)C(F)(F)C(F)(F)C(F)F.[B]F. The van der Waals surface area contributed by atoms with E-state index in [-0.39, 0.29) is 13.1 Å². The standard InChI is InChI=1S/C16H19F16N.C3H8.BF/c17-9(18)13(25,26)15(29,30)11(21,22)5-1-3-7-33-8-4-2-6-12(23,24)16(31,32)14(27,28)10(19)20;1-3-2;1-2/h9-10,33H,1-8H2;3H2,1-2H3;. The van der Waals surface area contributed by atoms with Gasteiger partial charge in [0, 0.05) is 12.8 Å². The molecule has 230 valence electrons. The second-order valence-electron chi connectivity index (χ2n) is 7.78. The molecule has 0 aliphatic rings. The summed E-state index contributed by atoms with van der Waals surface area (Å²) in [6, 6.07) is 0. The van der Waals surface area contributed by atoms with Crippen molar-refractivity contribution < 1.29 is 74.6 Å². The molecule has 0 rings (SSSR count). The van der Waals surface area contributed by atoms with Gasteiger partial charge < -0.3 is 9.63 Å². The van der Waals surface area contributed by atoms with E-state index in [2.05, 4.69) is 27.3 Å². The maximum atomic E-state index is 13.3. The predicted molar refractivity (Wildman–Crippen MR) is 105 cm³/mol. The number of halogens is 17. The largest absolute Gasteiger partial charge is 0.377 e. The molecule has 0 aliphatic heterocycles. The number of unbranched alkanes of at least 4 members (excludes halogenated alkanes) is 2. The lowest BCUT2D eigenvalue weighted by Gasteiger charge is -2.32. The van der Waals surface area contributed by atoms with Crippen LogP contribution in [0.1, 0.15) is 58.8 Å². The van der Waals surface area contributed by atoms with Gasteiger partial charge in [0.25, 0.3) is 0 Å². The predicted octanol–water partition coefficient (Wildman–Crippen LogP) is 8.71. The third-order valence-corrected chi connectivity index (χ3v) is 4.49. The summed E-state index contributed by atoms with van der Waals surface area (Å²) in [5.41, 5.74) is 0. The van der Waals surface area contributed by atoms with Gasteiger partial charge in [0.15, 0.2) is 0 Å². The van der Waals surface area contributed by atoms with Crippen molar-refractivity contribution >= 4 is 8.12 Å². The third kappa shape index (κ3) is 10.8. The van der Waals surface area contributed by atoms with Crippen LogP contribution in [0.5, 0.6) is 0 Å². The Hall–Kier alpha value is -1.17. The Kier molecular flexibility index (Phi) is 18.3. The zero-order valence-corrected chi connectivity index (χ0v) is 20.0. The zero-order chi connectivity index (χ0) is 31.2. The molecule has 0 saturated heterocycles. The summed E-state index contributed by atoms with van der Waals surface area (Å²) >= 11 is 0. The second kappa shape index (κ2) is 16.8. The Bertz CT molecular complexity index is 564. The summed E-state index contributed by atoms with van der Waals surface area (Å²) in [6.07, 6.45) is -15.2. The summed E-state index contributed by atoms with van der Waals surface area (Å²) in [5, 5.41) is 2.33. The fourth-order valence-electron chi connectivity index (χ4n) is 2.39. The van der Waals surface area contributed by atoms with Crippen LogP contribution in [0.2, 0.25) is 0 Å². The molecule has 2 radical (unpaired) electrons. The van der Waals surface area contributed by atoms with E-state index in [1.165, 1.54) is 6.42 Å². The summed E-state index contributed by atoms with van der Waals surface area (Å²) in [4.78, 5) is 0. The maximum Gasteiger partial charge on any atom is 0.377 e. The molecule has 0 aromatic heterocycles. The van der Waals surface area contributed by atoms with E-state index in [1.807, 2.05) is 0 Å². The Balaban J connectivity index is -0.00000227. The Morgan fingerprint density at radius 3 is 0.974 bits per heavy atom. The number of rotatable bonds is 16. The van der Waals surface area contributed by atoms with Crippen molar-refractivity contribution in [3.05, 3.63) is 0 Å². The van der Waals surface area contributed by atoms with Crippen LogP contribution in [0.15, 0.2) is 0 Å². The molecule has 0 bridgehead atoms. The first kappa shape index (κ1) is 41.3. The van der Waals surface area contributed by atoms with Gasteiger partial charge in [-0.05, 0) is 38.8 Å². The van der Waals surface area contributed by atoms with E-state index in [0.29, 0.717) is 0 Å². The van der Waals surface area contributed by atoms with Crippen LogP contribution in [0.3, 0.4) is 0 Å². The molecule has 0 amide bonds. The lowest BCUT2D eigenvalue weighted by atomic mass is 9.99. The average molecular weight is 603 g/mol. The summed E-state index contributed by atoms with van der Waals surface area (Å²) in [5.74, 6) is -36.2. The minimum Gasteiger partial charge on any atom is -0.350 e. The molecule has 0 aliphatic carbocycles. The molecular weight excluding hydrogens is 576 g/mol. The first-order valence-corrected chi connectivity index (χ1v) is 10.8. The van der Waals surface area contributed by atoms with Crippen LogP contribution >= 0.6 is 0 Å². The molecule has 38 heavy (non-hydrogen) atoms. The van der Waals surface area contributed by atoms with E-state index in [9.17, 15) is 70.2 Å². The van der Waals surface area contributed by atoms with Crippen molar-refractivity contribution in [3.8, 4) is 0 Å². The van der Waals surface area contributed by atoms with E-state index in [4.69, 9.17) is 4.32 Å². The fraction of sp³-hybridized carbons (Fsp3) is 1.00. The molecule has 0 saturated carbocycles. The molecule has 0 atom stereocenters. The first-order valence-electron chi connectivity index (χ1n) is 10.8. The lowest BCUT2D eigenvalue weighted by molar-refractivity contribution is -0.339. The van der Waals surface area contributed by atoms with Crippen molar-refractivity contribution in [2.24, 2.45) is 0 Å². The maximum absolute atomic E-state index is 13.3. The highest BCUT2D eigenvalue weighted by Crippen LogP contribution is 2.51. The van der Waals surface area contributed by atoms with Gasteiger partial charge in [0.05, 0.1) is 0 Å². The third-order valence-electron chi connectivity index (χ3n) is 4.49. The zero-order valence-electron chi connectivity index (χ0n) is 20.0. The first-order chi connectivity index (χ1) is 17.0. The normalized spacial score (nSPS) is 13.7. The second-order valence-corrected chi connectivity index (χ2v) is 7.78. The molecule has 0 heterocycles. The van der Waals surface area contributed by atoms with E-state index in [0.717, 1.165) is 0 Å².